The van der Waals surface area contributed by atoms with Gasteiger partial charge in [-0.2, -0.15) is 0 Å². The highest BCUT2D eigenvalue weighted by molar-refractivity contribution is 8.14. The third kappa shape index (κ3) is 5.25. The Bertz CT molecular complexity index is 650. The highest BCUT2D eigenvalue weighted by atomic mass is 32.2. The first-order valence-electron chi connectivity index (χ1n) is 7.49. The van der Waals surface area contributed by atoms with Crippen LogP contribution in [0.5, 0.6) is 0 Å². The van der Waals surface area contributed by atoms with Crippen LogP contribution in [0.4, 0.5) is 0 Å². The molecule has 0 saturated carbocycles. The Morgan fingerprint density at radius 2 is 1.61 bits per heavy atom. The minimum atomic E-state index is -0.439. The van der Waals surface area contributed by atoms with Gasteiger partial charge in [0.05, 0.1) is 7.11 Å². The number of ether oxygens (including phenoxy) is 1. The summed E-state index contributed by atoms with van der Waals surface area (Å²) in [6.07, 6.45) is 1.32. The fourth-order valence-corrected chi connectivity index (χ4v) is 3.18. The molecule has 0 aliphatic rings. The lowest BCUT2D eigenvalue weighted by Gasteiger charge is -2.12. The summed E-state index contributed by atoms with van der Waals surface area (Å²) >= 11 is 1.04. The molecular weight excluding hydrogens is 308 g/mol. The molecule has 4 heteroatoms. The Morgan fingerprint density at radius 1 is 1.00 bits per heavy atom. The normalized spacial score (nSPS) is 11.7. The number of methoxy groups -OCH3 is 1. The van der Waals surface area contributed by atoms with Crippen molar-refractivity contribution in [2.45, 2.75) is 25.0 Å². The fraction of sp³-hybridized carbons (Fsp3) is 0.263. The van der Waals surface area contributed by atoms with E-state index in [2.05, 4.69) is 36.4 Å². The lowest BCUT2D eigenvalue weighted by molar-refractivity contribution is -0.140. The lowest BCUT2D eigenvalue weighted by atomic mass is 10.0. The first-order valence-corrected chi connectivity index (χ1v) is 8.37. The number of esters is 1. The number of carbonyl (C=O) groups excluding carboxylic acids is 2. The Balaban J connectivity index is 2.00. The van der Waals surface area contributed by atoms with E-state index in [0.717, 1.165) is 29.3 Å². The molecule has 120 valence electrons. The van der Waals surface area contributed by atoms with E-state index in [1.165, 1.54) is 19.6 Å². The van der Waals surface area contributed by atoms with Crippen molar-refractivity contribution < 1.29 is 14.3 Å². The maximum atomic E-state index is 11.7. The molecule has 0 saturated heterocycles. The van der Waals surface area contributed by atoms with Crippen LogP contribution in [0.3, 0.4) is 0 Å². The maximum absolute atomic E-state index is 11.7. The van der Waals surface area contributed by atoms with E-state index in [-0.39, 0.29) is 11.1 Å². The second kappa shape index (κ2) is 8.53. The highest BCUT2D eigenvalue weighted by Crippen LogP contribution is 2.22. The van der Waals surface area contributed by atoms with Gasteiger partial charge in [0.15, 0.2) is 5.12 Å². The predicted molar refractivity (Wildman–Crippen MR) is 94.3 cm³/mol. The highest BCUT2D eigenvalue weighted by Gasteiger charge is 2.21. The van der Waals surface area contributed by atoms with Gasteiger partial charge in [0.2, 0.25) is 0 Å². The van der Waals surface area contributed by atoms with E-state index in [4.69, 9.17) is 4.74 Å². The zero-order chi connectivity index (χ0) is 16.7. The van der Waals surface area contributed by atoms with Gasteiger partial charge in [-0.25, -0.2) is 0 Å². The molecular formula is C19H20O3S. The quantitative estimate of drug-likeness (QED) is 0.749. The molecule has 1 atom stereocenters. The van der Waals surface area contributed by atoms with Gasteiger partial charge in [0.25, 0.3) is 0 Å². The second-order valence-corrected chi connectivity index (χ2v) is 6.60. The average molecular weight is 328 g/mol. The van der Waals surface area contributed by atoms with Gasteiger partial charge < -0.3 is 4.74 Å². The molecule has 0 aliphatic carbocycles. The fourth-order valence-electron chi connectivity index (χ4n) is 2.35. The van der Waals surface area contributed by atoms with Crippen LogP contribution in [-0.2, 0) is 20.7 Å². The smallest absolute Gasteiger partial charge is 0.319 e. The van der Waals surface area contributed by atoms with Gasteiger partial charge in [-0.05, 0) is 29.5 Å². The lowest BCUT2D eigenvalue weighted by Crippen LogP contribution is -2.21. The SMILES string of the molecule is COC(=O)C(CCc1ccc(-c2ccccc2)cc1)SC(C)=O. The summed E-state index contributed by atoms with van der Waals surface area (Å²) in [4.78, 5) is 23.0. The van der Waals surface area contributed by atoms with E-state index in [1.54, 1.807) is 0 Å². The van der Waals surface area contributed by atoms with Crippen molar-refractivity contribution in [1.82, 2.24) is 0 Å². The Kier molecular flexibility index (Phi) is 6.41. The van der Waals surface area contributed by atoms with Crippen LogP contribution in [0.2, 0.25) is 0 Å². The zero-order valence-electron chi connectivity index (χ0n) is 13.3. The van der Waals surface area contributed by atoms with Crippen molar-refractivity contribution in [3.63, 3.8) is 0 Å². The third-order valence-corrected chi connectivity index (χ3v) is 4.57. The maximum Gasteiger partial charge on any atom is 0.319 e. The molecule has 0 heterocycles. The Morgan fingerprint density at radius 3 is 2.17 bits per heavy atom. The topological polar surface area (TPSA) is 43.4 Å². The minimum absolute atomic E-state index is 0.0696. The van der Waals surface area contributed by atoms with E-state index >= 15 is 0 Å². The second-order valence-electron chi connectivity index (χ2n) is 5.22. The van der Waals surface area contributed by atoms with Gasteiger partial charge in [-0.3, -0.25) is 9.59 Å². The molecule has 0 amide bonds. The molecule has 2 aromatic carbocycles. The molecule has 1 unspecified atom stereocenters. The van der Waals surface area contributed by atoms with Crippen LogP contribution < -0.4 is 0 Å². The van der Waals surface area contributed by atoms with Gasteiger partial charge in [-0.1, -0.05) is 66.4 Å². The molecule has 2 aromatic rings. The van der Waals surface area contributed by atoms with E-state index in [1.807, 2.05) is 18.2 Å². The summed E-state index contributed by atoms with van der Waals surface area (Å²) in [6.45, 7) is 1.47. The molecule has 0 aliphatic heterocycles. The van der Waals surface area contributed by atoms with Crippen LogP contribution in [0.25, 0.3) is 11.1 Å². The molecule has 23 heavy (non-hydrogen) atoms. The van der Waals surface area contributed by atoms with Crippen molar-refractivity contribution in [2.75, 3.05) is 7.11 Å². The van der Waals surface area contributed by atoms with Crippen LogP contribution in [0.1, 0.15) is 18.9 Å². The molecule has 0 spiro atoms. The molecule has 3 nitrogen and oxygen atoms in total. The number of thioether (sulfide) groups is 1. The molecule has 0 bridgehead atoms. The molecule has 2 rings (SSSR count). The standard InChI is InChI=1S/C19H20O3S/c1-14(20)23-18(19(21)22-2)13-10-15-8-11-17(12-9-15)16-6-4-3-5-7-16/h3-9,11-12,18H,10,13H2,1-2H3. The van der Waals surface area contributed by atoms with E-state index in [0.29, 0.717) is 6.42 Å². The molecule has 0 radical (unpaired) electrons. The summed E-state index contributed by atoms with van der Waals surface area (Å²) in [5.74, 6) is -0.342. The van der Waals surface area contributed by atoms with Crippen LogP contribution in [0, 0.1) is 0 Å². The van der Waals surface area contributed by atoms with Crippen molar-refractivity contribution in [2.24, 2.45) is 0 Å². The summed E-state index contributed by atoms with van der Waals surface area (Å²) < 4.78 is 4.77. The monoisotopic (exact) mass is 328 g/mol. The van der Waals surface area contributed by atoms with Crippen molar-refractivity contribution >= 4 is 22.8 Å². The van der Waals surface area contributed by atoms with Crippen LogP contribution in [0.15, 0.2) is 54.6 Å². The predicted octanol–water partition coefficient (Wildman–Crippen LogP) is 4.11. The Labute approximate surface area is 141 Å². The Hall–Kier alpha value is -2.07. The van der Waals surface area contributed by atoms with Crippen molar-refractivity contribution in [3.8, 4) is 11.1 Å². The summed E-state index contributed by atoms with van der Waals surface area (Å²) in [6, 6.07) is 18.5. The molecule has 0 fully saturated rings. The van der Waals surface area contributed by atoms with Gasteiger partial charge in [0.1, 0.15) is 5.25 Å². The van der Waals surface area contributed by atoms with E-state index < -0.39 is 5.25 Å². The summed E-state index contributed by atoms with van der Waals surface area (Å²) in [7, 11) is 1.35. The number of benzene rings is 2. The first kappa shape index (κ1) is 17.3. The first-order chi connectivity index (χ1) is 11.1. The van der Waals surface area contributed by atoms with Crippen molar-refractivity contribution in [3.05, 3.63) is 60.2 Å². The number of hydrogen-bond acceptors (Lipinski definition) is 4. The minimum Gasteiger partial charge on any atom is -0.468 e. The summed E-state index contributed by atoms with van der Waals surface area (Å²) in [5.41, 5.74) is 3.48. The zero-order valence-corrected chi connectivity index (χ0v) is 14.1. The van der Waals surface area contributed by atoms with Gasteiger partial charge in [0, 0.05) is 6.92 Å². The number of carbonyl (C=O) groups is 2. The largest absolute Gasteiger partial charge is 0.468 e. The number of rotatable bonds is 6. The van der Waals surface area contributed by atoms with Crippen molar-refractivity contribution in [1.29, 1.82) is 0 Å². The van der Waals surface area contributed by atoms with Crippen LogP contribution in [-0.4, -0.2) is 23.4 Å². The average Bonchev–Trinajstić information content (AvgIpc) is 2.59. The number of aryl methyl sites for hydroxylation is 1. The van der Waals surface area contributed by atoms with Crippen LogP contribution >= 0.6 is 11.8 Å². The molecule has 0 N–H and O–H groups in total. The summed E-state index contributed by atoms with van der Waals surface area (Å²) in [5, 5.41) is -0.508. The van der Waals surface area contributed by atoms with Gasteiger partial charge in [-0.15, -0.1) is 0 Å². The molecule has 0 aromatic heterocycles. The van der Waals surface area contributed by atoms with Gasteiger partial charge >= 0.3 is 5.97 Å². The third-order valence-electron chi connectivity index (χ3n) is 3.53. The number of hydrogen-bond donors (Lipinski definition) is 0. The van der Waals surface area contributed by atoms with E-state index in [9.17, 15) is 9.59 Å².